The molecule has 34 heavy (non-hydrogen) atoms. The summed E-state index contributed by atoms with van der Waals surface area (Å²) in [5.74, 6) is -0.266. The molecule has 3 N–H and O–H groups in total. The number of pyridine rings is 1. The summed E-state index contributed by atoms with van der Waals surface area (Å²) in [6.45, 7) is 0.577. The lowest BCUT2D eigenvalue weighted by molar-refractivity contribution is 0.260. The standard InChI is InChI=1S/C27H30F3N3O/c1-34-21-9-11-27-23(14-21)22(25(30)16-33-27)15-26(31)17-4-7-20(8-5-17)32-12-2-3-18-13-19(28)6-10-24(18)29/h2-3,6,9-11,13-14,16-17,20,26,32H,4-5,7-8,12,15,31H2,1H3/t17-,20+,26-/m0/s1. The van der Waals surface area contributed by atoms with Crippen molar-refractivity contribution >= 4 is 17.0 Å². The smallest absolute Gasteiger partial charge is 0.145 e. The summed E-state index contributed by atoms with van der Waals surface area (Å²) in [6.07, 6.45) is 8.95. The number of ether oxygens (including phenoxy) is 1. The Bertz CT molecular complexity index is 1160. The molecule has 1 atom stereocenters. The molecule has 0 aliphatic heterocycles. The largest absolute Gasteiger partial charge is 0.497 e. The number of fused-ring (bicyclic) bond motifs is 1. The van der Waals surface area contributed by atoms with Gasteiger partial charge in [0.1, 0.15) is 23.2 Å². The molecule has 3 aromatic rings. The first-order valence-corrected chi connectivity index (χ1v) is 11.7. The lowest BCUT2D eigenvalue weighted by Crippen LogP contribution is -2.40. The molecule has 4 nitrogen and oxygen atoms in total. The van der Waals surface area contributed by atoms with Crippen molar-refractivity contribution in [3.05, 3.63) is 77.2 Å². The van der Waals surface area contributed by atoms with Gasteiger partial charge in [-0.15, -0.1) is 0 Å². The molecule has 7 heteroatoms. The van der Waals surface area contributed by atoms with Crippen LogP contribution in [-0.4, -0.2) is 30.7 Å². The van der Waals surface area contributed by atoms with Gasteiger partial charge in [-0.2, -0.15) is 0 Å². The highest BCUT2D eigenvalue weighted by molar-refractivity contribution is 5.83. The number of rotatable bonds is 8. The van der Waals surface area contributed by atoms with Crippen molar-refractivity contribution in [2.45, 2.75) is 44.2 Å². The molecule has 180 valence electrons. The van der Waals surface area contributed by atoms with E-state index in [-0.39, 0.29) is 17.4 Å². The van der Waals surface area contributed by atoms with E-state index in [9.17, 15) is 13.2 Å². The van der Waals surface area contributed by atoms with Gasteiger partial charge in [0.2, 0.25) is 0 Å². The Labute approximate surface area is 198 Å². The van der Waals surface area contributed by atoms with E-state index in [0.717, 1.165) is 48.7 Å². The van der Waals surface area contributed by atoms with E-state index >= 15 is 0 Å². The maximum Gasteiger partial charge on any atom is 0.145 e. The molecule has 1 heterocycles. The predicted molar refractivity (Wildman–Crippen MR) is 129 cm³/mol. The first-order chi connectivity index (χ1) is 16.4. The Hall–Kier alpha value is -2.90. The maximum absolute atomic E-state index is 14.7. The van der Waals surface area contributed by atoms with Crippen LogP contribution in [0.1, 0.15) is 36.8 Å². The highest BCUT2D eigenvalue weighted by Crippen LogP contribution is 2.30. The summed E-state index contributed by atoms with van der Waals surface area (Å²) < 4.78 is 46.9. The molecule has 0 bridgehead atoms. The molecule has 1 aliphatic rings. The van der Waals surface area contributed by atoms with E-state index in [1.54, 1.807) is 19.3 Å². The third-order valence-corrected chi connectivity index (χ3v) is 6.73. The molecule has 0 saturated heterocycles. The summed E-state index contributed by atoms with van der Waals surface area (Å²) >= 11 is 0. The minimum Gasteiger partial charge on any atom is -0.497 e. The average Bonchev–Trinajstić information content (AvgIpc) is 2.85. The van der Waals surface area contributed by atoms with Crippen molar-refractivity contribution in [3.63, 3.8) is 0 Å². The number of benzene rings is 2. The number of hydrogen-bond acceptors (Lipinski definition) is 4. The van der Waals surface area contributed by atoms with Crippen molar-refractivity contribution in [2.24, 2.45) is 11.7 Å². The summed E-state index contributed by atoms with van der Waals surface area (Å²) in [6, 6.07) is 9.07. The topological polar surface area (TPSA) is 60.2 Å². The Morgan fingerprint density at radius 3 is 2.65 bits per heavy atom. The SMILES string of the molecule is COc1ccc2ncc(F)c(C[C@H](N)[C@H]3CC[C@@H](NCC=Cc4cc(F)ccc4F)CC3)c2c1. The maximum atomic E-state index is 14.7. The molecular weight excluding hydrogens is 439 g/mol. The second-order valence-corrected chi connectivity index (χ2v) is 8.92. The molecule has 0 radical (unpaired) electrons. The Kier molecular flexibility index (Phi) is 7.85. The second-order valence-electron chi connectivity index (χ2n) is 8.92. The fourth-order valence-electron chi connectivity index (χ4n) is 4.75. The molecule has 0 unspecified atom stereocenters. The number of aromatic nitrogens is 1. The lowest BCUT2D eigenvalue weighted by Gasteiger charge is -2.32. The summed E-state index contributed by atoms with van der Waals surface area (Å²) in [5.41, 5.74) is 8.11. The third kappa shape index (κ3) is 5.77. The van der Waals surface area contributed by atoms with Crippen LogP contribution in [0, 0.1) is 23.4 Å². The zero-order valence-electron chi connectivity index (χ0n) is 19.2. The molecule has 2 aromatic carbocycles. The summed E-state index contributed by atoms with van der Waals surface area (Å²) in [4.78, 5) is 4.19. The molecule has 1 fully saturated rings. The van der Waals surface area contributed by atoms with E-state index < -0.39 is 11.6 Å². The molecule has 1 saturated carbocycles. The highest BCUT2D eigenvalue weighted by Gasteiger charge is 2.26. The van der Waals surface area contributed by atoms with Crippen LogP contribution < -0.4 is 15.8 Å². The van der Waals surface area contributed by atoms with Crippen LogP contribution in [0.25, 0.3) is 17.0 Å². The van der Waals surface area contributed by atoms with E-state index in [1.807, 2.05) is 18.2 Å². The fraction of sp³-hybridized carbons (Fsp3) is 0.370. The second kappa shape index (κ2) is 11.0. The van der Waals surface area contributed by atoms with Gasteiger partial charge in [0.05, 0.1) is 18.8 Å². The van der Waals surface area contributed by atoms with Gasteiger partial charge in [-0.3, -0.25) is 4.98 Å². The number of nitrogens with two attached hydrogens (primary N) is 1. The monoisotopic (exact) mass is 469 g/mol. The third-order valence-electron chi connectivity index (χ3n) is 6.73. The van der Waals surface area contributed by atoms with Gasteiger partial charge in [0, 0.05) is 35.1 Å². The van der Waals surface area contributed by atoms with Gasteiger partial charge in [-0.25, -0.2) is 13.2 Å². The van der Waals surface area contributed by atoms with Crippen LogP contribution in [-0.2, 0) is 6.42 Å². The van der Waals surface area contributed by atoms with Crippen molar-refractivity contribution in [2.75, 3.05) is 13.7 Å². The molecule has 0 amide bonds. The number of methoxy groups -OCH3 is 1. The van der Waals surface area contributed by atoms with Gasteiger partial charge >= 0.3 is 0 Å². The molecule has 0 spiro atoms. The highest BCUT2D eigenvalue weighted by atomic mass is 19.1. The van der Waals surface area contributed by atoms with Crippen LogP contribution in [0.2, 0.25) is 0 Å². The predicted octanol–water partition coefficient (Wildman–Crippen LogP) is 5.39. The fourth-order valence-corrected chi connectivity index (χ4v) is 4.75. The van der Waals surface area contributed by atoms with Crippen LogP contribution in [0.4, 0.5) is 13.2 Å². The first kappa shape index (κ1) is 24.2. The number of nitrogens with zero attached hydrogens (tertiary/aromatic N) is 1. The Morgan fingerprint density at radius 1 is 1.09 bits per heavy atom. The summed E-state index contributed by atoms with van der Waals surface area (Å²) in [5, 5.41) is 4.20. The zero-order valence-corrected chi connectivity index (χ0v) is 19.2. The van der Waals surface area contributed by atoms with Crippen LogP contribution in [0.15, 0.2) is 48.7 Å². The van der Waals surface area contributed by atoms with E-state index in [1.165, 1.54) is 12.3 Å². The van der Waals surface area contributed by atoms with Gasteiger partial charge < -0.3 is 15.8 Å². The van der Waals surface area contributed by atoms with Crippen molar-refractivity contribution < 1.29 is 17.9 Å². The lowest BCUT2D eigenvalue weighted by atomic mass is 9.79. The molecule has 4 rings (SSSR count). The molecule has 1 aromatic heterocycles. The van der Waals surface area contributed by atoms with Gasteiger partial charge in [-0.1, -0.05) is 12.2 Å². The summed E-state index contributed by atoms with van der Waals surface area (Å²) in [7, 11) is 1.58. The number of hydrogen-bond donors (Lipinski definition) is 2. The molecule has 1 aliphatic carbocycles. The zero-order chi connectivity index (χ0) is 24.1. The van der Waals surface area contributed by atoms with Gasteiger partial charge in [0.15, 0.2) is 0 Å². The first-order valence-electron chi connectivity index (χ1n) is 11.7. The van der Waals surface area contributed by atoms with E-state index in [0.29, 0.717) is 36.2 Å². The number of halogens is 3. The van der Waals surface area contributed by atoms with Gasteiger partial charge in [-0.05, 0) is 74.4 Å². The molecular formula is C27H30F3N3O. The Morgan fingerprint density at radius 2 is 1.88 bits per heavy atom. The van der Waals surface area contributed by atoms with Crippen LogP contribution >= 0.6 is 0 Å². The quantitative estimate of drug-likeness (QED) is 0.464. The number of nitrogens with one attached hydrogen (secondary N) is 1. The normalized spacial score (nSPS) is 19.6. The van der Waals surface area contributed by atoms with Crippen molar-refractivity contribution in [1.82, 2.24) is 10.3 Å². The van der Waals surface area contributed by atoms with Crippen LogP contribution in [0.5, 0.6) is 5.75 Å². The minimum absolute atomic E-state index is 0.150. The van der Waals surface area contributed by atoms with E-state index in [4.69, 9.17) is 10.5 Å². The van der Waals surface area contributed by atoms with Crippen molar-refractivity contribution in [1.29, 1.82) is 0 Å². The van der Waals surface area contributed by atoms with Crippen LogP contribution in [0.3, 0.4) is 0 Å². The minimum atomic E-state index is -0.456. The van der Waals surface area contributed by atoms with Crippen molar-refractivity contribution in [3.8, 4) is 5.75 Å². The van der Waals surface area contributed by atoms with E-state index in [2.05, 4.69) is 10.3 Å². The van der Waals surface area contributed by atoms with Gasteiger partial charge in [0.25, 0.3) is 0 Å². The Balaban J connectivity index is 1.30. The average molecular weight is 470 g/mol.